The zero-order valence-electron chi connectivity index (χ0n) is 10.7. The van der Waals surface area contributed by atoms with Gasteiger partial charge in [0.1, 0.15) is 11.7 Å². The van der Waals surface area contributed by atoms with Gasteiger partial charge in [-0.1, -0.05) is 0 Å². The van der Waals surface area contributed by atoms with Gasteiger partial charge in [-0.15, -0.1) is 0 Å². The Morgan fingerprint density at radius 3 is 2.78 bits per heavy atom. The van der Waals surface area contributed by atoms with Gasteiger partial charge in [-0.05, 0) is 26.0 Å². The zero-order chi connectivity index (χ0) is 13.7. The van der Waals surface area contributed by atoms with Gasteiger partial charge in [0.25, 0.3) is 5.91 Å². The van der Waals surface area contributed by atoms with E-state index < -0.39 is 12.0 Å². The van der Waals surface area contributed by atoms with Crippen LogP contribution in [0.4, 0.5) is 5.69 Å². The van der Waals surface area contributed by atoms with Crippen molar-refractivity contribution in [3.63, 3.8) is 0 Å². The lowest BCUT2D eigenvalue weighted by atomic mass is 10.2. The second kappa shape index (κ2) is 6.00. The quantitative estimate of drug-likeness (QED) is 0.806. The monoisotopic (exact) mass is 251 g/mol. The van der Waals surface area contributed by atoms with Crippen molar-refractivity contribution in [3.8, 4) is 0 Å². The molecule has 2 N–H and O–H groups in total. The summed E-state index contributed by atoms with van der Waals surface area (Å²) in [6.45, 7) is 3.92. The summed E-state index contributed by atoms with van der Waals surface area (Å²) in [5, 5.41) is 11.6. The molecule has 1 aromatic heterocycles. The SMILES string of the molecule is CCNC(=O)c1cc(N(C)C(C)C(=O)O)ccn1. The van der Waals surface area contributed by atoms with E-state index in [0.29, 0.717) is 12.2 Å². The van der Waals surface area contributed by atoms with Crippen LogP contribution in [0.25, 0.3) is 0 Å². The van der Waals surface area contributed by atoms with Crippen LogP contribution >= 0.6 is 0 Å². The van der Waals surface area contributed by atoms with Crippen molar-refractivity contribution in [1.29, 1.82) is 0 Å². The van der Waals surface area contributed by atoms with Crippen LogP contribution in [0.2, 0.25) is 0 Å². The lowest BCUT2D eigenvalue weighted by Gasteiger charge is -2.23. The highest BCUT2D eigenvalue weighted by atomic mass is 16.4. The number of carbonyl (C=O) groups is 2. The molecule has 1 amide bonds. The number of hydrogen-bond donors (Lipinski definition) is 2. The molecular formula is C12H17N3O3. The minimum Gasteiger partial charge on any atom is -0.480 e. The molecule has 0 spiro atoms. The zero-order valence-corrected chi connectivity index (χ0v) is 10.7. The molecule has 1 heterocycles. The van der Waals surface area contributed by atoms with Crippen molar-refractivity contribution >= 4 is 17.6 Å². The Kier molecular flexibility index (Phi) is 4.65. The molecule has 0 aliphatic carbocycles. The molecule has 0 aliphatic rings. The molecule has 0 saturated carbocycles. The molecule has 0 saturated heterocycles. The predicted molar refractivity (Wildman–Crippen MR) is 67.7 cm³/mol. The Hall–Kier alpha value is -2.11. The summed E-state index contributed by atoms with van der Waals surface area (Å²) in [5.74, 6) is -1.19. The second-order valence-electron chi connectivity index (χ2n) is 3.88. The third-order valence-corrected chi connectivity index (χ3v) is 2.66. The van der Waals surface area contributed by atoms with E-state index in [0.717, 1.165) is 0 Å². The van der Waals surface area contributed by atoms with Crippen LogP contribution in [0.3, 0.4) is 0 Å². The molecule has 0 bridgehead atoms. The smallest absolute Gasteiger partial charge is 0.326 e. The number of rotatable bonds is 5. The van der Waals surface area contributed by atoms with Gasteiger partial charge in [-0.25, -0.2) is 4.79 Å². The predicted octanol–water partition coefficient (Wildman–Crippen LogP) is 0.741. The minimum atomic E-state index is -0.922. The molecule has 1 aromatic rings. The molecule has 0 aromatic carbocycles. The van der Waals surface area contributed by atoms with Crippen molar-refractivity contribution in [2.24, 2.45) is 0 Å². The standard InChI is InChI=1S/C12H17N3O3/c1-4-13-11(16)10-7-9(5-6-14-10)15(3)8(2)12(17)18/h5-8H,4H2,1-3H3,(H,13,16)(H,17,18). The van der Waals surface area contributed by atoms with Crippen LogP contribution in [0, 0.1) is 0 Å². The van der Waals surface area contributed by atoms with E-state index in [1.807, 2.05) is 6.92 Å². The Balaban J connectivity index is 2.94. The maximum absolute atomic E-state index is 11.6. The molecule has 0 aliphatic heterocycles. The number of pyridine rings is 1. The minimum absolute atomic E-state index is 0.268. The van der Waals surface area contributed by atoms with E-state index in [9.17, 15) is 9.59 Å². The van der Waals surface area contributed by atoms with Crippen LogP contribution in [0.5, 0.6) is 0 Å². The fourth-order valence-corrected chi connectivity index (χ4v) is 1.40. The first kappa shape index (κ1) is 14.0. The molecule has 0 fully saturated rings. The Labute approximate surface area is 106 Å². The normalized spacial score (nSPS) is 11.7. The average Bonchev–Trinajstić information content (AvgIpc) is 2.37. The van der Waals surface area contributed by atoms with Gasteiger partial charge < -0.3 is 15.3 Å². The fourth-order valence-electron chi connectivity index (χ4n) is 1.40. The molecule has 6 heteroatoms. The van der Waals surface area contributed by atoms with Gasteiger partial charge in [-0.3, -0.25) is 9.78 Å². The Morgan fingerprint density at radius 2 is 2.22 bits per heavy atom. The van der Waals surface area contributed by atoms with E-state index >= 15 is 0 Å². The third kappa shape index (κ3) is 3.19. The molecule has 18 heavy (non-hydrogen) atoms. The summed E-state index contributed by atoms with van der Waals surface area (Å²) in [4.78, 5) is 28.0. The van der Waals surface area contributed by atoms with E-state index in [2.05, 4.69) is 10.3 Å². The molecular weight excluding hydrogens is 234 g/mol. The number of aliphatic carboxylic acids is 1. The van der Waals surface area contributed by atoms with Crippen LogP contribution in [0.15, 0.2) is 18.3 Å². The number of anilines is 1. The van der Waals surface area contributed by atoms with E-state index in [1.165, 1.54) is 6.20 Å². The van der Waals surface area contributed by atoms with Crippen molar-refractivity contribution in [2.75, 3.05) is 18.5 Å². The highest BCUT2D eigenvalue weighted by Gasteiger charge is 2.18. The molecule has 6 nitrogen and oxygen atoms in total. The lowest BCUT2D eigenvalue weighted by Crippen LogP contribution is -2.36. The number of carboxylic acids is 1. The van der Waals surface area contributed by atoms with Gasteiger partial charge in [0.15, 0.2) is 0 Å². The van der Waals surface area contributed by atoms with Gasteiger partial charge in [0.2, 0.25) is 0 Å². The van der Waals surface area contributed by atoms with Crippen molar-refractivity contribution < 1.29 is 14.7 Å². The van der Waals surface area contributed by atoms with E-state index in [1.54, 1.807) is 31.0 Å². The maximum atomic E-state index is 11.6. The van der Waals surface area contributed by atoms with Crippen molar-refractivity contribution in [1.82, 2.24) is 10.3 Å². The summed E-state index contributed by atoms with van der Waals surface area (Å²) in [6, 6.07) is 2.57. The first-order valence-corrected chi connectivity index (χ1v) is 5.67. The Bertz CT molecular complexity index is 448. The summed E-state index contributed by atoms with van der Waals surface area (Å²) < 4.78 is 0. The van der Waals surface area contributed by atoms with Crippen LogP contribution in [-0.4, -0.2) is 41.6 Å². The molecule has 98 valence electrons. The van der Waals surface area contributed by atoms with Crippen LogP contribution in [0.1, 0.15) is 24.3 Å². The number of likely N-dealkylation sites (N-methyl/N-ethyl adjacent to an activating group) is 1. The van der Waals surface area contributed by atoms with Crippen LogP contribution < -0.4 is 10.2 Å². The second-order valence-corrected chi connectivity index (χ2v) is 3.88. The third-order valence-electron chi connectivity index (χ3n) is 2.66. The first-order chi connectivity index (χ1) is 8.47. The topological polar surface area (TPSA) is 82.5 Å². The fraction of sp³-hybridized carbons (Fsp3) is 0.417. The van der Waals surface area contributed by atoms with Crippen LogP contribution in [-0.2, 0) is 4.79 Å². The van der Waals surface area contributed by atoms with E-state index in [-0.39, 0.29) is 11.6 Å². The summed E-state index contributed by atoms with van der Waals surface area (Å²) in [7, 11) is 1.66. The number of hydrogen-bond acceptors (Lipinski definition) is 4. The first-order valence-electron chi connectivity index (χ1n) is 5.67. The summed E-state index contributed by atoms with van der Waals surface area (Å²) in [5.41, 5.74) is 0.917. The number of nitrogens with zero attached hydrogens (tertiary/aromatic N) is 2. The largest absolute Gasteiger partial charge is 0.480 e. The van der Waals surface area contributed by atoms with Crippen molar-refractivity contribution in [2.45, 2.75) is 19.9 Å². The Morgan fingerprint density at radius 1 is 1.56 bits per heavy atom. The number of aromatic nitrogens is 1. The average molecular weight is 251 g/mol. The number of amides is 1. The molecule has 1 rings (SSSR count). The van der Waals surface area contributed by atoms with E-state index in [4.69, 9.17) is 5.11 Å². The highest BCUT2D eigenvalue weighted by molar-refractivity contribution is 5.93. The highest BCUT2D eigenvalue weighted by Crippen LogP contribution is 2.15. The number of carbonyl (C=O) groups excluding carboxylic acids is 1. The number of nitrogens with one attached hydrogen (secondary N) is 1. The van der Waals surface area contributed by atoms with Gasteiger partial charge in [0, 0.05) is 25.5 Å². The number of carboxylic acid groups (broad SMARTS) is 1. The molecule has 1 unspecified atom stereocenters. The lowest BCUT2D eigenvalue weighted by molar-refractivity contribution is -0.138. The molecule has 1 atom stereocenters. The van der Waals surface area contributed by atoms with Crippen molar-refractivity contribution in [3.05, 3.63) is 24.0 Å². The maximum Gasteiger partial charge on any atom is 0.326 e. The van der Waals surface area contributed by atoms with Gasteiger partial charge >= 0.3 is 5.97 Å². The summed E-state index contributed by atoms with van der Waals surface area (Å²) in [6.07, 6.45) is 1.49. The molecule has 0 radical (unpaired) electrons. The van der Waals surface area contributed by atoms with Gasteiger partial charge in [0.05, 0.1) is 0 Å². The van der Waals surface area contributed by atoms with Gasteiger partial charge in [-0.2, -0.15) is 0 Å². The summed E-state index contributed by atoms with van der Waals surface area (Å²) >= 11 is 0.